The third-order valence-corrected chi connectivity index (χ3v) is 5.07. The summed E-state index contributed by atoms with van der Waals surface area (Å²) in [5, 5.41) is 11.6. The molecule has 1 unspecified atom stereocenters. The fraction of sp³-hybridized carbons (Fsp3) is 0.261. The van der Waals surface area contributed by atoms with Gasteiger partial charge in [-0.05, 0) is 17.5 Å². The zero-order chi connectivity index (χ0) is 20.6. The number of hydrogen-bond acceptors (Lipinski definition) is 5. The second-order valence-electron chi connectivity index (χ2n) is 6.93. The summed E-state index contributed by atoms with van der Waals surface area (Å²) in [7, 11) is 0. The molecule has 4 rings (SSSR count). The Hall–Kier alpha value is -3.43. The number of nitrogen functional groups attached to an aromatic ring is 1. The van der Waals surface area contributed by atoms with Crippen LogP contribution in [0.25, 0.3) is 10.8 Å². The Kier molecular flexibility index (Phi) is 6.77. The summed E-state index contributed by atoms with van der Waals surface area (Å²) in [5.41, 5.74) is 7.52. The quantitative estimate of drug-likeness (QED) is 0.682. The van der Waals surface area contributed by atoms with Crippen molar-refractivity contribution < 1.29 is 4.79 Å². The number of amides is 1. The van der Waals surface area contributed by atoms with Crippen molar-refractivity contribution in [1.82, 2.24) is 14.8 Å². The zero-order valence-corrected chi connectivity index (χ0v) is 16.5. The van der Waals surface area contributed by atoms with Gasteiger partial charge in [-0.2, -0.15) is 5.26 Å². The Labute approximate surface area is 171 Å². The monoisotopic (exact) mass is 387 g/mol. The Balaban J connectivity index is 0.000000186. The van der Waals surface area contributed by atoms with Gasteiger partial charge >= 0.3 is 0 Å². The smallest absolute Gasteiger partial charge is 0.219 e. The summed E-state index contributed by atoms with van der Waals surface area (Å²) >= 11 is 0. The van der Waals surface area contributed by atoms with Crippen molar-refractivity contribution in [1.29, 1.82) is 5.26 Å². The molecule has 148 valence electrons. The van der Waals surface area contributed by atoms with Crippen molar-refractivity contribution in [2.24, 2.45) is 0 Å². The third-order valence-electron chi connectivity index (χ3n) is 5.07. The van der Waals surface area contributed by atoms with E-state index >= 15 is 0 Å². The van der Waals surface area contributed by atoms with Gasteiger partial charge in [-0.1, -0.05) is 42.5 Å². The lowest BCUT2D eigenvalue weighted by Crippen LogP contribution is -2.48. The minimum atomic E-state index is -0.271. The molecule has 29 heavy (non-hydrogen) atoms. The van der Waals surface area contributed by atoms with Crippen molar-refractivity contribution in [3.8, 4) is 6.07 Å². The fourth-order valence-corrected chi connectivity index (χ4v) is 3.45. The van der Waals surface area contributed by atoms with E-state index in [2.05, 4.69) is 28.1 Å². The molecule has 0 spiro atoms. The number of hydrogen-bond donors (Lipinski definition) is 1. The van der Waals surface area contributed by atoms with Crippen LogP contribution in [0.5, 0.6) is 0 Å². The minimum Gasteiger partial charge on any atom is -0.398 e. The topological polar surface area (TPSA) is 86.2 Å². The lowest BCUT2D eigenvalue weighted by molar-refractivity contribution is -0.130. The van der Waals surface area contributed by atoms with Gasteiger partial charge in [0.25, 0.3) is 0 Å². The summed E-state index contributed by atoms with van der Waals surface area (Å²) in [6, 6.07) is 19.9. The van der Waals surface area contributed by atoms with Crippen molar-refractivity contribution in [3.63, 3.8) is 0 Å². The zero-order valence-electron chi connectivity index (χ0n) is 16.5. The molecule has 0 bridgehead atoms. The van der Waals surface area contributed by atoms with Gasteiger partial charge in [-0.3, -0.25) is 14.7 Å². The summed E-state index contributed by atoms with van der Waals surface area (Å²) < 4.78 is 0. The van der Waals surface area contributed by atoms with E-state index in [0.717, 1.165) is 29.7 Å². The molecule has 0 saturated carbocycles. The Morgan fingerprint density at radius 3 is 2.41 bits per heavy atom. The van der Waals surface area contributed by atoms with Crippen molar-refractivity contribution in [2.75, 3.05) is 31.9 Å². The number of piperazine rings is 1. The number of rotatable bonds is 2. The van der Waals surface area contributed by atoms with E-state index < -0.39 is 0 Å². The molecule has 2 aromatic carbocycles. The molecule has 1 amide bonds. The first-order valence-electron chi connectivity index (χ1n) is 9.62. The number of carbonyl (C=O) groups excluding carboxylic acids is 1. The lowest BCUT2D eigenvalue weighted by atomic mass is 10.1. The summed E-state index contributed by atoms with van der Waals surface area (Å²) in [4.78, 5) is 19.2. The van der Waals surface area contributed by atoms with Gasteiger partial charge in [-0.15, -0.1) is 0 Å². The molecule has 1 fully saturated rings. The molecule has 3 aromatic rings. The number of pyridine rings is 1. The maximum absolute atomic E-state index is 11.2. The van der Waals surface area contributed by atoms with Crippen LogP contribution in [0.4, 0.5) is 5.69 Å². The fourth-order valence-electron chi connectivity index (χ4n) is 3.45. The van der Waals surface area contributed by atoms with Crippen LogP contribution in [0.2, 0.25) is 0 Å². The molecule has 6 nitrogen and oxygen atoms in total. The molecule has 0 aliphatic carbocycles. The van der Waals surface area contributed by atoms with Gasteiger partial charge in [0.1, 0.15) is 6.04 Å². The van der Waals surface area contributed by atoms with Crippen LogP contribution in [0.15, 0.2) is 67.0 Å². The average molecular weight is 387 g/mol. The van der Waals surface area contributed by atoms with Gasteiger partial charge in [0.05, 0.1) is 6.07 Å². The maximum Gasteiger partial charge on any atom is 0.219 e. The minimum absolute atomic E-state index is 0.101. The SMILES string of the molecule is CC(=O)N1CCN(C(C#N)c2cccnc2)CC1.Nc1cccc2ccccc12. The molecule has 1 atom stereocenters. The molecular formula is C23H25N5O. The Morgan fingerprint density at radius 2 is 1.79 bits per heavy atom. The van der Waals surface area contributed by atoms with E-state index in [9.17, 15) is 10.1 Å². The van der Waals surface area contributed by atoms with E-state index in [0.29, 0.717) is 13.1 Å². The first-order valence-corrected chi connectivity index (χ1v) is 9.62. The van der Waals surface area contributed by atoms with E-state index in [1.807, 2.05) is 47.4 Å². The number of nitriles is 1. The number of aromatic nitrogens is 1. The first-order chi connectivity index (χ1) is 14.1. The van der Waals surface area contributed by atoms with Crippen molar-refractivity contribution in [3.05, 3.63) is 72.6 Å². The van der Waals surface area contributed by atoms with Crippen molar-refractivity contribution >= 4 is 22.4 Å². The normalized spacial score (nSPS) is 15.1. The number of carbonyl (C=O) groups is 1. The highest BCUT2D eigenvalue weighted by Crippen LogP contribution is 2.21. The summed E-state index contributed by atoms with van der Waals surface area (Å²) in [6.45, 7) is 4.42. The molecule has 1 aliphatic rings. The number of anilines is 1. The highest BCUT2D eigenvalue weighted by atomic mass is 16.2. The molecule has 1 aliphatic heterocycles. The van der Waals surface area contributed by atoms with Crippen LogP contribution < -0.4 is 5.73 Å². The van der Waals surface area contributed by atoms with Gasteiger partial charge in [-0.25, -0.2) is 0 Å². The van der Waals surface area contributed by atoms with Crippen molar-refractivity contribution in [2.45, 2.75) is 13.0 Å². The second kappa shape index (κ2) is 9.67. The van der Waals surface area contributed by atoms with Gasteiger partial charge in [0.15, 0.2) is 0 Å². The molecule has 0 radical (unpaired) electrons. The van der Waals surface area contributed by atoms with Crippen LogP contribution in [-0.4, -0.2) is 46.9 Å². The largest absolute Gasteiger partial charge is 0.398 e. The van der Waals surface area contributed by atoms with Crippen LogP contribution in [0.1, 0.15) is 18.5 Å². The van der Waals surface area contributed by atoms with Gasteiger partial charge < -0.3 is 10.6 Å². The number of nitrogens with zero attached hydrogens (tertiary/aromatic N) is 4. The second-order valence-corrected chi connectivity index (χ2v) is 6.93. The predicted molar refractivity (Wildman–Crippen MR) is 115 cm³/mol. The predicted octanol–water partition coefficient (Wildman–Crippen LogP) is 3.23. The number of nitrogens with two attached hydrogens (primary N) is 1. The van der Waals surface area contributed by atoms with Gasteiger partial charge in [0, 0.05) is 62.1 Å². The maximum atomic E-state index is 11.2. The van der Waals surface area contributed by atoms with Crippen LogP contribution in [0.3, 0.4) is 0 Å². The summed E-state index contributed by atoms with van der Waals surface area (Å²) in [6.07, 6.45) is 3.43. The van der Waals surface area contributed by atoms with Crippen LogP contribution in [-0.2, 0) is 4.79 Å². The highest BCUT2D eigenvalue weighted by Gasteiger charge is 2.25. The molecule has 1 aromatic heterocycles. The third kappa shape index (κ3) is 5.09. The van der Waals surface area contributed by atoms with E-state index in [-0.39, 0.29) is 11.9 Å². The molecule has 1 saturated heterocycles. The number of benzene rings is 2. The molecule has 6 heteroatoms. The van der Waals surface area contributed by atoms with Crippen LogP contribution in [0, 0.1) is 11.3 Å². The van der Waals surface area contributed by atoms with E-state index in [4.69, 9.17) is 5.73 Å². The standard InChI is InChI=1S/C13H16N4O.C10H9N/c1-11(18)16-5-7-17(8-6-16)13(9-14)12-3-2-4-15-10-12;11-10-7-3-5-8-4-1-2-6-9(8)10/h2-4,10,13H,5-8H2,1H3;1-7H,11H2. The van der Waals surface area contributed by atoms with E-state index in [1.54, 1.807) is 19.3 Å². The molecule has 2 N–H and O–H groups in total. The first kappa shape index (κ1) is 20.3. The molecular weight excluding hydrogens is 362 g/mol. The highest BCUT2D eigenvalue weighted by molar-refractivity contribution is 5.92. The van der Waals surface area contributed by atoms with Gasteiger partial charge in [0.2, 0.25) is 5.91 Å². The summed E-state index contributed by atoms with van der Waals surface area (Å²) in [5.74, 6) is 0.101. The molecule has 2 heterocycles. The Bertz CT molecular complexity index is 986. The Morgan fingerprint density at radius 1 is 1.07 bits per heavy atom. The van der Waals surface area contributed by atoms with E-state index in [1.165, 1.54) is 5.39 Å². The number of fused-ring (bicyclic) bond motifs is 1. The lowest BCUT2D eigenvalue weighted by Gasteiger charge is -2.36. The van der Waals surface area contributed by atoms with Crippen LogP contribution >= 0.6 is 0 Å². The average Bonchev–Trinajstić information content (AvgIpc) is 2.76.